The fourth-order valence-corrected chi connectivity index (χ4v) is 2.78. The number of carbonyl (C=O) groups is 1. The zero-order chi connectivity index (χ0) is 12.4. The summed E-state index contributed by atoms with van der Waals surface area (Å²) < 4.78 is 16.6. The quantitative estimate of drug-likeness (QED) is 0.529. The molecule has 98 valence electrons. The number of esters is 1. The SMILES string of the molecule is CCCCCC1(C2(C(=O)OC)CC2)OCCO1. The number of rotatable bonds is 6. The Labute approximate surface area is 103 Å². The molecule has 2 fully saturated rings. The van der Waals surface area contributed by atoms with Crippen molar-refractivity contribution in [2.45, 2.75) is 51.2 Å². The summed E-state index contributed by atoms with van der Waals surface area (Å²) in [5, 5.41) is 0. The molecular formula is C13H22O4. The Hall–Kier alpha value is -0.610. The summed E-state index contributed by atoms with van der Waals surface area (Å²) in [6.45, 7) is 3.34. The maximum Gasteiger partial charge on any atom is 0.317 e. The van der Waals surface area contributed by atoms with Gasteiger partial charge in [-0.15, -0.1) is 0 Å². The summed E-state index contributed by atoms with van der Waals surface area (Å²) in [5.41, 5.74) is -0.522. The van der Waals surface area contributed by atoms with E-state index in [1.54, 1.807) is 0 Å². The van der Waals surface area contributed by atoms with Gasteiger partial charge in [-0.1, -0.05) is 19.8 Å². The second-order valence-corrected chi connectivity index (χ2v) is 4.98. The molecule has 0 unspecified atom stereocenters. The zero-order valence-corrected chi connectivity index (χ0v) is 10.8. The monoisotopic (exact) mass is 242 g/mol. The molecule has 0 aromatic carbocycles. The van der Waals surface area contributed by atoms with Gasteiger partial charge in [-0.05, 0) is 19.3 Å². The van der Waals surface area contributed by atoms with Crippen molar-refractivity contribution < 1.29 is 19.0 Å². The van der Waals surface area contributed by atoms with Crippen molar-refractivity contribution in [3.63, 3.8) is 0 Å². The first-order valence-corrected chi connectivity index (χ1v) is 6.57. The van der Waals surface area contributed by atoms with Crippen LogP contribution in [-0.2, 0) is 19.0 Å². The van der Waals surface area contributed by atoms with Crippen LogP contribution >= 0.6 is 0 Å². The Kier molecular flexibility index (Phi) is 3.73. The topological polar surface area (TPSA) is 44.8 Å². The van der Waals surface area contributed by atoms with Crippen molar-refractivity contribution >= 4 is 5.97 Å². The second-order valence-electron chi connectivity index (χ2n) is 4.98. The first-order chi connectivity index (χ1) is 8.21. The van der Waals surface area contributed by atoms with Gasteiger partial charge in [0.1, 0.15) is 5.41 Å². The summed E-state index contributed by atoms with van der Waals surface area (Å²) in [7, 11) is 1.44. The number of ether oxygens (including phenoxy) is 3. The maximum atomic E-state index is 11.9. The van der Waals surface area contributed by atoms with Gasteiger partial charge in [-0.3, -0.25) is 4.79 Å². The molecule has 4 heteroatoms. The lowest BCUT2D eigenvalue weighted by Gasteiger charge is -2.34. The lowest BCUT2D eigenvalue weighted by atomic mass is 9.90. The van der Waals surface area contributed by atoms with Crippen molar-refractivity contribution in [3.05, 3.63) is 0 Å². The van der Waals surface area contributed by atoms with Crippen molar-refractivity contribution in [3.8, 4) is 0 Å². The summed E-state index contributed by atoms with van der Waals surface area (Å²) in [6.07, 6.45) is 5.79. The predicted molar refractivity (Wildman–Crippen MR) is 62.5 cm³/mol. The van der Waals surface area contributed by atoms with Crippen LogP contribution in [0.2, 0.25) is 0 Å². The third kappa shape index (κ3) is 2.08. The van der Waals surface area contributed by atoms with E-state index < -0.39 is 11.2 Å². The molecular weight excluding hydrogens is 220 g/mol. The van der Waals surface area contributed by atoms with Gasteiger partial charge in [0, 0.05) is 6.42 Å². The highest BCUT2D eigenvalue weighted by Gasteiger charge is 2.68. The van der Waals surface area contributed by atoms with Crippen LogP contribution < -0.4 is 0 Å². The van der Waals surface area contributed by atoms with Gasteiger partial charge in [0.2, 0.25) is 0 Å². The molecule has 4 nitrogen and oxygen atoms in total. The van der Waals surface area contributed by atoms with Crippen molar-refractivity contribution in [1.82, 2.24) is 0 Å². The molecule has 0 atom stereocenters. The van der Waals surface area contributed by atoms with E-state index in [2.05, 4.69) is 6.92 Å². The van der Waals surface area contributed by atoms with Crippen molar-refractivity contribution in [2.24, 2.45) is 5.41 Å². The Morgan fingerprint density at radius 1 is 1.24 bits per heavy atom. The van der Waals surface area contributed by atoms with Crippen molar-refractivity contribution in [2.75, 3.05) is 20.3 Å². The summed E-state index contributed by atoms with van der Waals surface area (Å²) in [4.78, 5) is 11.9. The summed E-state index contributed by atoms with van der Waals surface area (Å²) in [5.74, 6) is -0.870. The summed E-state index contributed by atoms with van der Waals surface area (Å²) >= 11 is 0. The molecule has 0 bridgehead atoms. The molecule has 1 saturated carbocycles. The van der Waals surface area contributed by atoms with Gasteiger partial charge in [-0.2, -0.15) is 0 Å². The fraction of sp³-hybridized carbons (Fsp3) is 0.923. The number of unbranched alkanes of at least 4 members (excludes halogenated alkanes) is 2. The van der Waals surface area contributed by atoms with E-state index in [1.807, 2.05) is 0 Å². The molecule has 0 radical (unpaired) electrons. The van der Waals surface area contributed by atoms with Gasteiger partial charge in [0.15, 0.2) is 5.79 Å². The van der Waals surface area contributed by atoms with Gasteiger partial charge < -0.3 is 14.2 Å². The normalized spacial score (nSPS) is 24.6. The lowest BCUT2D eigenvalue weighted by Crippen LogP contribution is -2.46. The standard InChI is InChI=1S/C13H22O4/c1-3-4-5-6-13(16-9-10-17-13)12(7-8-12)11(14)15-2/h3-10H2,1-2H3. The van der Waals surface area contributed by atoms with E-state index in [-0.39, 0.29) is 5.97 Å². The van der Waals surface area contributed by atoms with Gasteiger partial charge in [0.05, 0.1) is 20.3 Å². The smallest absolute Gasteiger partial charge is 0.317 e. The predicted octanol–water partition coefficient (Wildman–Crippen LogP) is 2.26. The van der Waals surface area contributed by atoms with Crippen LogP contribution in [0, 0.1) is 5.41 Å². The number of methoxy groups -OCH3 is 1. The second kappa shape index (κ2) is 4.94. The largest absolute Gasteiger partial charge is 0.468 e. The summed E-state index contributed by atoms with van der Waals surface area (Å²) in [6, 6.07) is 0. The molecule has 0 aromatic heterocycles. The van der Waals surface area contributed by atoms with E-state index >= 15 is 0 Å². The van der Waals surface area contributed by atoms with Crippen LogP contribution in [0.25, 0.3) is 0 Å². The minimum absolute atomic E-state index is 0.170. The first-order valence-electron chi connectivity index (χ1n) is 6.57. The Morgan fingerprint density at radius 3 is 2.35 bits per heavy atom. The maximum absolute atomic E-state index is 11.9. The third-order valence-corrected chi connectivity index (χ3v) is 3.92. The average Bonchev–Trinajstić information content (AvgIpc) is 3.04. The van der Waals surface area contributed by atoms with Crippen LogP contribution in [0.1, 0.15) is 45.4 Å². The van der Waals surface area contributed by atoms with E-state index in [9.17, 15) is 4.79 Å². The van der Waals surface area contributed by atoms with Gasteiger partial charge >= 0.3 is 5.97 Å². The Bertz CT molecular complexity index is 277. The molecule has 0 amide bonds. The van der Waals surface area contributed by atoms with Gasteiger partial charge in [-0.25, -0.2) is 0 Å². The van der Waals surface area contributed by atoms with Crippen LogP contribution in [0.4, 0.5) is 0 Å². The van der Waals surface area contributed by atoms with Crippen LogP contribution in [0.3, 0.4) is 0 Å². The molecule has 0 spiro atoms. The fourth-order valence-electron chi connectivity index (χ4n) is 2.78. The molecule has 1 heterocycles. The Balaban J connectivity index is 2.08. The molecule has 1 aliphatic heterocycles. The van der Waals surface area contributed by atoms with Crippen LogP contribution in [0.5, 0.6) is 0 Å². The van der Waals surface area contributed by atoms with Gasteiger partial charge in [0.25, 0.3) is 0 Å². The minimum Gasteiger partial charge on any atom is -0.468 e. The lowest BCUT2D eigenvalue weighted by molar-refractivity contribution is -0.221. The molecule has 1 aliphatic carbocycles. The molecule has 0 N–H and O–H groups in total. The molecule has 1 saturated heterocycles. The first kappa shape index (κ1) is 12.8. The van der Waals surface area contributed by atoms with Crippen LogP contribution in [0.15, 0.2) is 0 Å². The van der Waals surface area contributed by atoms with Crippen LogP contribution in [-0.4, -0.2) is 32.1 Å². The van der Waals surface area contributed by atoms with E-state index in [0.717, 1.165) is 38.5 Å². The van der Waals surface area contributed by atoms with E-state index in [4.69, 9.17) is 14.2 Å². The average molecular weight is 242 g/mol. The highest BCUT2D eigenvalue weighted by atomic mass is 16.7. The Morgan fingerprint density at radius 2 is 1.88 bits per heavy atom. The van der Waals surface area contributed by atoms with Crippen molar-refractivity contribution in [1.29, 1.82) is 0 Å². The number of hydrogen-bond acceptors (Lipinski definition) is 4. The highest BCUT2D eigenvalue weighted by molar-refractivity contribution is 5.81. The van der Waals surface area contributed by atoms with E-state index in [1.165, 1.54) is 7.11 Å². The zero-order valence-electron chi connectivity index (χ0n) is 10.8. The minimum atomic E-state index is -0.699. The van der Waals surface area contributed by atoms with E-state index in [0.29, 0.717) is 13.2 Å². The molecule has 2 rings (SSSR count). The highest BCUT2D eigenvalue weighted by Crippen LogP contribution is 2.59. The molecule has 2 aliphatic rings. The number of hydrogen-bond donors (Lipinski definition) is 0. The third-order valence-electron chi connectivity index (χ3n) is 3.92. The number of carbonyl (C=O) groups excluding carboxylic acids is 1. The molecule has 17 heavy (non-hydrogen) atoms. The molecule has 0 aromatic rings.